The Labute approximate surface area is 267 Å². The number of allylic oxidation sites excluding steroid dienone is 1. The molecule has 0 spiro atoms. The quantitative estimate of drug-likeness (QED) is 0.214. The molecule has 1 aromatic heterocycles. The molecule has 2 heterocycles. The third-order valence-corrected chi connectivity index (χ3v) is 8.50. The van der Waals surface area contributed by atoms with E-state index in [0.29, 0.717) is 44.1 Å². The van der Waals surface area contributed by atoms with Crippen LogP contribution in [0.5, 0.6) is 5.75 Å². The zero-order chi connectivity index (χ0) is 31.4. The van der Waals surface area contributed by atoms with Gasteiger partial charge < -0.3 is 14.2 Å². The number of halogens is 1. The SMILES string of the molecule is CCOC(=O)C1=C(C)N=c2s/c(=C\c3cc(Br)ccc3OCc3ccc(C(=O)OCC)cc3)c(=O)n2[C@@H]1c1ccc(C)cc1. The zero-order valence-corrected chi connectivity index (χ0v) is 27.2. The van der Waals surface area contributed by atoms with Gasteiger partial charge in [-0.1, -0.05) is 69.2 Å². The zero-order valence-electron chi connectivity index (χ0n) is 24.8. The number of carbonyl (C=O) groups excluding carboxylic acids is 2. The van der Waals surface area contributed by atoms with Gasteiger partial charge in [0.1, 0.15) is 12.4 Å². The first-order valence-electron chi connectivity index (χ1n) is 14.1. The summed E-state index contributed by atoms with van der Waals surface area (Å²) in [6, 6.07) is 19.7. The van der Waals surface area contributed by atoms with Crippen molar-refractivity contribution in [3.63, 3.8) is 0 Å². The molecular formula is C34H31BrN2O6S. The second kappa shape index (κ2) is 13.6. The van der Waals surface area contributed by atoms with Gasteiger partial charge in [-0.3, -0.25) is 9.36 Å². The number of nitrogens with zero attached hydrogens (tertiary/aromatic N) is 2. The van der Waals surface area contributed by atoms with E-state index in [1.54, 1.807) is 43.5 Å². The van der Waals surface area contributed by atoms with Crippen LogP contribution in [-0.4, -0.2) is 29.7 Å². The number of thiazole rings is 1. The lowest BCUT2D eigenvalue weighted by molar-refractivity contribution is -0.139. The van der Waals surface area contributed by atoms with Crippen molar-refractivity contribution in [1.29, 1.82) is 0 Å². The maximum Gasteiger partial charge on any atom is 0.338 e. The van der Waals surface area contributed by atoms with Gasteiger partial charge in [0, 0.05) is 10.0 Å². The summed E-state index contributed by atoms with van der Waals surface area (Å²) in [5.41, 5.74) is 4.48. The molecule has 8 nitrogen and oxygen atoms in total. The average molecular weight is 676 g/mol. The normalized spacial score (nSPS) is 14.6. The topological polar surface area (TPSA) is 96.2 Å². The van der Waals surface area contributed by atoms with Crippen molar-refractivity contribution in [2.45, 2.75) is 40.3 Å². The second-order valence-corrected chi connectivity index (χ2v) is 12.0. The molecule has 0 N–H and O–H groups in total. The summed E-state index contributed by atoms with van der Waals surface area (Å²) < 4.78 is 19.4. The van der Waals surface area contributed by atoms with Gasteiger partial charge in [-0.05, 0) is 75.2 Å². The molecule has 0 amide bonds. The molecule has 10 heteroatoms. The first kappa shape index (κ1) is 31.2. The number of aromatic nitrogens is 1. The van der Waals surface area contributed by atoms with E-state index >= 15 is 0 Å². The minimum absolute atomic E-state index is 0.210. The maximum absolute atomic E-state index is 14.0. The van der Waals surface area contributed by atoms with Gasteiger partial charge in [0.15, 0.2) is 4.80 Å². The summed E-state index contributed by atoms with van der Waals surface area (Å²) in [6.07, 6.45) is 1.78. The van der Waals surface area contributed by atoms with Crippen molar-refractivity contribution >= 4 is 45.3 Å². The monoisotopic (exact) mass is 674 g/mol. The number of carbonyl (C=O) groups is 2. The molecule has 0 saturated carbocycles. The lowest BCUT2D eigenvalue weighted by Gasteiger charge is -2.24. The number of benzene rings is 3. The van der Waals surface area contributed by atoms with E-state index in [9.17, 15) is 14.4 Å². The van der Waals surface area contributed by atoms with Gasteiger partial charge in [-0.2, -0.15) is 0 Å². The summed E-state index contributed by atoms with van der Waals surface area (Å²) in [5, 5.41) is 0. The highest BCUT2D eigenvalue weighted by atomic mass is 79.9. The molecule has 0 saturated heterocycles. The van der Waals surface area contributed by atoms with E-state index in [4.69, 9.17) is 14.2 Å². The van der Waals surface area contributed by atoms with Crippen LogP contribution in [0.3, 0.4) is 0 Å². The minimum atomic E-state index is -0.677. The van der Waals surface area contributed by atoms with Crippen LogP contribution in [0.25, 0.3) is 6.08 Å². The van der Waals surface area contributed by atoms with Gasteiger partial charge in [0.2, 0.25) is 0 Å². The molecule has 0 bridgehead atoms. The third-order valence-electron chi connectivity index (χ3n) is 7.03. The number of hydrogen-bond donors (Lipinski definition) is 0. The maximum atomic E-state index is 14.0. The summed E-state index contributed by atoms with van der Waals surface area (Å²) in [5.74, 6) is -0.288. The molecule has 226 valence electrons. The molecule has 1 atom stereocenters. The van der Waals surface area contributed by atoms with E-state index in [0.717, 1.165) is 21.2 Å². The highest BCUT2D eigenvalue weighted by Crippen LogP contribution is 2.31. The highest BCUT2D eigenvalue weighted by molar-refractivity contribution is 9.10. The second-order valence-electron chi connectivity index (χ2n) is 10.1. The number of aryl methyl sites for hydroxylation is 1. The number of rotatable bonds is 9. The van der Waals surface area contributed by atoms with Crippen LogP contribution >= 0.6 is 27.3 Å². The van der Waals surface area contributed by atoms with E-state index < -0.39 is 12.0 Å². The van der Waals surface area contributed by atoms with Crippen LogP contribution in [0.4, 0.5) is 0 Å². The number of ether oxygens (including phenoxy) is 3. The van der Waals surface area contributed by atoms with E-state index in [1.807, 2.05) is 61.5 Å². The van der Waals surface area contributed by atoms with Crippen molar-refractivity contribution in [3.05, 3.63) is 130 Å². The number of hydrogen-bond acceptors (Lipinski definition) is 8. The van der Waals surface area contributed by atoms with Crippen LogP contribution in [0, 0.1) is 6.92 Å². The molecule has 1 aliphatic rings. The third kappa shape index (κ3) is 6.61. The molecule has 44 heavy (non-hydrogen) atoms. The van der Waals surface area contributed by atoms with Crippen LogP contribution in [-0.2, 0) is 20.9 Å². The Balaban J connectivity index is 1.53. The Bertz CT molecular complexity index is 1920. The molecule has 4 aromatic rings. The van der Waals surface area contributed by atoms with E-state index in [-0.39, 0.29) is 24.7 Å². The molecule has 0 aliphatic carbocycles. The molecule has 3 aromatic carbocycles. The number of fused-ring (bicyclic) bond motifs is 1. The first-order valence-corrected chi connectivity index (χ1v) is 15.8. The molecule has 0 radical (unpaired) electrons. The van der Waals surface area contributed by atoms with Crippen molar-refractivity contribution < 1.29 is 23.8 Å². The average Bonchev–Trinajstić information content (AvgIpc) is 3.30. The van der Waals surface area contributed by atoms with E-state index in [2.05, 4.69) is 20.9 Å². The Morgan fingerprint density at radius 2 is 1.64 bits per heavy atom. The fourth-order valence-corrected chi connectivity index (χ4v) is 6.29. The molecule has 5 rings (SSSR count). The fraction of sp³-hybridized carbons (Fsp3) is 0.235. The van der Waals surface area contributed by atoms with Gasteiger partial charge in [-0.25, -0.2) is 14.6 Å². The van der Waals surface area contributed by atoms with Crippen molar-refractivity contribution in [2.24, 2.45) is 4.99 Å². The Morgan fingerprint density at radius 3 is 2.32 bits per heavy atom. The summed E-state index contributed by atoms with van der Waals surface area (Å²) in [6.45, 7) is 8.04. The first-order chi connectivity index (χ1) is 21.2. The Kier molecular flexibility index (Phi) is 9.61. The van der Waals surface area contributed by atoms with E-state index in [1.165, 1.54) is 11.3 Å². The van der Waals surface area contributed by atoms with Crippen molar-refractivity contribution in [3.8, 4) is 5.75 Å². The summed E-state index contributed by atoms with van der Waals surface area (Å²) in [7, 11) is 0. The van der Waals surface area contributed by atoms with Crippen molar-refractivity contribution in [2.75, 3.05) is 13.2 Å². The highest BCUT2D eigenvalue weighted by Gasteiger charge is 2.33. The van der Waals surface area contributed by atoms with Crippen LogP contribution in [0.1, 0.15) is 59.4 Å². The summed E-state index contributed by atoms with van der Waals surface area (Å²) >= 11 is 4.79. The van der Waals surface area contributed by atoms with Crippen molar-refractivity contribution in [1.82, 2.24) is 4.57 Å². The predicted octanol–water partition coefficient (Wildman–Crippen LogP) is 5.62. The van der Waals surface area contributed by atoms with Crippen LogP contribution < -0.4 is 19.6 Å². The molecular weight excluding hydrogens is 644 g/mol. The smallest absolute Gasteiger partial charge is 0.338 e. The van der Waals surface area contributed by atoms with Gasteiger partial charge >= 0.3 is 11.9 Å². The molecule has 0 fully saturated rings. The Hall–Kier alpha value is -4.28. The number of esters is 2. The van der Waals surface area contributed by atoms with Gasteiger partial charge in [-0.15, -0.1) is 0 Å². The van der Waals surface area contributed by atoms with Crippen LogP contribution in [0.2, 0.25) is 0 Å². The standard InChI is InChI=1S/C34H31BrN2O6S/c1-5-41-32(39)24-13-9-22(10-14-24)19-43-27-16-15-26(35)17-25(27)18-28-31(38)37-30(23-11-7-20(3)8-12-23)29(33(40)42-6-2)21(4)36-34(37)44-28/h7-18,30H,5-6,19H2,1-4H3/b28-18-/t30-/m1/s1. The lowest BCUT2D eigenvalue weighted by Crippen LogP contribution is -2.39. The largest absolute Gasteiger partial charge is 0.488 e. The van der Waals surface area contributed by atoms with Gasteiger partial charge in [0.25, 0.3) is 5.56 Å². The van der Waals surface area contributed by atoms with Crippen LogP contribution in [0.15, 0.2) is 92.3 Å². The predicted molar refractivity (Wildman–Crippen MR) is 172 cm³/mol. The van der Waals surface area contributed by atoms with Gasteiger partial charge in [0.05, 0.1) is 40.6 Å². The minimum Gasteiger partial charge on any atom is -0.488 e. The summed E-state index contributed by atoms with van der Waals surface area (Å²) in [4.78, 5) is 44.3. The fourth-order valence-electron chi connectivity index (χ4n) is 4.87. The lowest BCUT2D eigenvalue weighted by atomic mass is 9.95. The molecule has 0 unspecified atom stereocenters. The Morgan fingerprint density at radius 1 is 0.955 bits per heavy atom. The molecule has 1 aliphatic heterocycles.